The fraction of sp³-hybridized carbons (Fsp3) is 0.375. The molecule has 0 radical (unpaired) electrons. The normalized spacial score (nSPS) is 18.4. The first kappa shape index (κ1) is 18.4. The van der Waals surface area contributed by atoms with E-state index in [1.54, 1.807) is 19.1 Å². The minimum atomic E-state index is -1.14. The lowest BCUT2D eigenvalue weighted by Gasteiger charge is -2.26. The number of hydrogen-bond donors (Lipinski definition) is 2. The van der Waals surface area contributed by atoms with E-state index in [1.807, 2.05) is 24.3 Å². The topological polar surface area (TPSA) is 50.1 Å². The Balaban J connectivity index is 1.32. The summed E-state index contributed by atoms with van der Waals surface area (Å²) >= 11 is 0. The maximum Gasteiger partial charge on any atom is 0.136 e. The summed E-state index contributed by atoms with van der Waals surface area (Å²) in [6.45, 7) is 1.73. The van der Waals surface area contributed by atoms with Gasteiger partial charge in [0, 0.05) is 29.6 Å². The smallest absolute Gasteiger partial charge is 0.136 e. The summed E-state index contributed by atoms with van der Waals surface area (Å²) in [6, 6.07) is 16.6. The number of aliphatic hydroxyl groups is 1. The van der Waals surface area contributed by atoms with Crippen LogP contribution >= 0.6 is 0 Å². The van der Waals surface area contributed by atoms with Crippen LogP contribution < -0.4 is 5.32 Å². The van der Waals surface area contributed by atoms with Crippen LogP contribution in [-0.4, -0.2) is 20.6 Å². The van der Waals surface area contributed by atoms with Gasteiger partial charge in [-0.05, 0) is 80.6 Å². The molecule has 0 saturated heterocycles. The number of rotatable bonds is 7. The molecule has 2 N–H and O–H groups in total. The molecule has 0 bridgehead atoms. The quantitative estimate of drug-likeness (QED) is 0.549. The second kappa shape index (κ2) is 6.99. The molecule has 2 aromatic carbocycles. The van der Waals surface area contributed by atoms with Gasteiger partial charge in [-0.15, -0.1) is 0 Å². The second-order valence-electron chi connectivity index (χ2n) is 8.70. The Morgan fingerprint density at radius 3 is 2.31 bits per heavy atom. The second-order valence-corrected chi connectivity index (χ2v) is 8.70. The first-order chi connectivity index (χ1) is 14.0. The van der Waals surface area contributed by atoms with Gasteiger partial charge < -0.3 is 10.4 Å². The Labute approximate surface area is 170 Å². The van der Waals surface area contributed by atoms with Crippen molar-refractivity contribution in [3.8, 4) is 5.69 Å². The molecule has 150 valence electrons. The molecule has 0 amide bonds. The van der Waals surface area contributed by atoms with Crippen LogP contribution in [0.4, 0.5) is 10.1 Å². The molecular weight excluding hydrogens is 365 g/mol. The van der Waals surface area contributed by atoms with E-state index in [1.165, 1.54) is 49.2 Å². The first-order valence-electron chi connectivity index (χ1n) is 10.4. The van der Waals surface area contributed by atoms with Gasteiger partial charge in [-0.25, -0.2) is 9.07 Å². The minimum absolute atomic E-state index is 0.272. The fourth-order valence-electron chi connectivity index (χ4n) is 3.91. The minimum Gasteiger partial charge on any atom is -0.371 e. The van der Waals surface area contributed by atoms with Crippen molar-refractivity contribution in [3.05, 3.63) is 77.4 Å². The lowest BCUT2D eigenvalue weighted by atomic mass is 10.0. The molecule has 1 aromatic heterocycles. The van der Waals surface area contributed by atoms with Crippen molar-refractivity contribution in [2.45, 2.75) is 56.6 Å². The molecule has 3 aromatic rings. The highest BCUT2D eigenvalue weighted by Gasteiger charge is 2.33. The van der Waals surface area contributed by atoms with Crippen molar-refractivity contribution < 1.29 is 9.50 Å². The summed E-state index contributed by atoms with van der Waals surface area (Å²) in [5, 5.41) is 18.8. The molecule has 0 aliphatic heterocycles. The van der Waals surface area contributed by atoms with Crippen molar-refractivity contribution in [2.24, 2.45) is 0 Å². The van der Waals surface area contributed by atoms with Gasteiger partial charge >= 0.3 is 0 Å². The Kier molecular flexibility index (Phi) is 4.43. The number of anilines is 1. The summed E-state index contributed by atoms with van der Waals surface area (Å²) in [6.07, 6.45) is 5.40. The van der Waals surface area contributed by atoms with E-state index >= 15 is 0 Å². The van der Waals surface area contributed by atoms with Gasteiger partial charge in [0.1, 0.15) is 11.5 Å². The SMILES string of the molecule is CC(O)(Cc1ccc(F)cc1)Nc1ccc(-n2nc(C3CC3)cc2C2CC2)cc1. The van der Waals surface area contributed by atoms with Gasteiger partial charge in [0.25, 0.3) is 0 Å². The van der Waals surface area contributed by atoms with E-state index in [-0.39, 0.29) is 5.82 Å². The zero-order valence-electron chi connectivity index (χ0n) is 16.6. The summed E-state index contributed by atoms with van der Waals surface area (Å²) < 4.78 is 15.2. The number of nitrogens with zero attached hydrogens (tertiary/aromatic N) is 2. The van der Waals surface area contributed by atoms with Crippen LogP contribution in [0.3, 0.4) is 0 Å². The van der Waals surface area contributed by atoms with E-state index in [9.17, 15) is 9.50 Å². The molecule has 2 saturated carbocycles. The third kappa shape index (κ3) is 4.20. The van der Waals surface area contributed by atoms with Gasteiger partial charge in [0.15, 0.2) is 0 Å². The zero-order valence-corrected chi connectivity index (χ0v) is 16.6. The summed E-state index contributed by atoms with van der Waals surface area (Å²) in [5.41, 5.74) is 4.19. The van der Waals surface area contributed by atoms with Gasteiger partial charge in [-0.3, -0.25) is 0 Å². The van der Waals surface area contributed by atoms with Gasteiger partial charge in [0.2, 0.25) is 0 Å². The maximum absolute atomic E-state index is 13.1. The first-order valence-corrected chi connectivity index (χ1v) is 10.4. The Morgan fingerprint density at radius 2 is 1.69 bits per heavy atom. The van der Waals surface area contributed by atoms with Gasteiger partial charge in [-0.2, -0.15) is 5.10 Å². The highest BCUT2D eigenvalue weighted by molar-refractivity contribution is 5.50. The standard InChI is InChI=1S/C24H26FN3O/c1-24(29,15-16-2-8-19(25)9-3-16)26-20-10-12-21(13-11-20)28-23(18-6-7-18)14-22(27-28)17-4-5-17/h2-3,8-14,17-18,26,29H,4-7,15H2,1H3. The van der Waals surface area contributed by atoms with E-state index < -0.39 is 5.72 Å². The van der Waals surface area contributed by atoms with Crippen LogP contribution in [0.5, 0.6) is 0 Å². The highest BCUT2D eigenvalue weighted by atomic mass is 19.1. The molecule has 1 unspecified atom stereocenters. The molecule has 2 aliphatic carbocycles. The molecule has 0 spiro atoms. The summed E-state index contributed by atoms with van der Waals surface area (Å²) in [4.78, 5) is 0. The van der Waals surface area contributed by atoms with Gasteiger partial charge in [0.05, 0.1) is 11.4 Å². The van der Waals surface area contributed by atoms with E-state index in [0.29, 0.717) is 18.3 Å². The third-order valence-corrected chi connectivity index (χ3v) is 5.73. The Bertz CT molecular complexity index is 1000. The summed E-state index contributed by atoms with van der Waals surface area (Å²) in [7, 11) is 0. The molecule has 1 atom stereocenters. The zero-order chi connectivity index (χ0) is 20.0. The average molecular weight is 391 g/mol. The number of hydrogen-bond acceptors (Lipinski definition) is 3. The van der Waals surface area contributed by atoms with Crippen LogP contribution in [0.2, 0.25) is 0 Å². The predicted molar refractivity (Wildman–Crippen MR) is 112 cm³/mol. The number of nitrogens with one attached hydrogen (secondary N) is 1. The lowest BCUT2D eigenvalue weighted by molar-refractivity contribution is 0.0907. The molecule has 1 heterocycles. The molecule has 4 nitrogen and oxygen atoms in total. The van der Waals surface area contributed by atoms with Crippen molar-refractivity contribution in [1.29, 1.82) is 0 Å². The van der Waals surface area contributed by atoms with Crippen LogP contribution in [0.25, 0.3) is 5.69 Å². The summed E-state index contributed by atoms with van der Waals surface area (Å²) in [5.74, 6) is 1.02. The highest BCUT2D eigenvalue weighted by Crippen LogP contribution is 2.45. The molecule has 29 heavy (non-hydrogen) atoms. The Hall–Kier alpha value is -2.66. The molecule has 2 fully saturated rings. The van der Waals surface area contributed by atoms with Crippen LogP contribution in [0.1, 0.15) is 61.4 Å². The lowest BCUT2D eigenvalue weighted by Crippen LogP contribution is -2.36. The fourth-order valence-corrected chi connectivity index (χ4v) is 3.91. The van der Waals surface area contributed by atoms with Crippen molar-refractivity contribution in [2.75, 3.05) is 5.32 Å². The largest absolute Gasteiger partial charge is 0.371 e. The Morgan fingerprint density at radius 1 is 1.03 bits per heavy atom. The molecule has 2 aliphatic rings. The van der Waals surface area contributed by atoms with Crippen LogP contribution in [0.15, 0.2) is 54.6 Å². The maximum atomic E-state index is 13.1. The molecular formula is C24H26FN3O. The van der Waals surface area contributed by atoms with Crippen LogP contribution in [-0.2, 0) is 6.42 Å². The molecule has 5 rings (SSSR count). The van der Waals surface area contributed by atoms with E-state index in [4.69, 9.17) is 5.10 Å². The number of benzene rings is 2. The number of halogens is 1. The molecule has 5 heteroatoms. The van der Waals surface area contributed by atoms with E-state index in [0.717, 1.165) is 16.9 Å². The van der Waals surface area contributed by atoms with Crippen molar-refractivity contribution in [3.63, 3.8) is 0 Å². The van der Waals surface area contributed by atoms with Crippen LogP contribution in [0, 0.1) is 5.82 Å². The predicted octanol–water partition coefficient (Wildman–Crippen LogP) is 5.13. The van der Waals surface area contributed by atoms with Gasteiger partial charge in [-0.1, -0.05) is 12.1 Å². The van der Waals surface area contributed by atoms with E-state index in [2.05, 4.69) is 16.1 Å². The average Bonchev–Trinajstić information content (AvgIpc) is 3.62. The van der Waals surface area contributed by atoms with Crippen molar-refractivity contribution in [1.82, 2.24) is 9.78 Å². The monoisotopic (exact) mass is 391 g/mol. The van der Waals surface area contributed by atoms with Crippen molar-refractivity contribution >= 4 is 5.69 Å². The third-order valence-electron chi connectivity index (χ3n) is 5.73. The number of aromatic nitrogens is 2.